The molecule has 10 heteroatoms. The number of nitrogens with zero attached hydrogens (tertiary/aromatic N) is 1. The third-order valence-electron chi connectivity index (χ3n) is 5.19. The van der Waals surface area contributed by atoms with Crippen molar-refractivity contribution in [2.45, 2.75) is 11.3 Å². The quantitative estimate of drug-likeness (QED) is 0.341. The van der Waals surface area contributed by atoms with E-state index in [1.165, 1.54) is 16.4 Å². The minimum Gasteiger partial charge on any atom is -0.496 e. The minimum absolute atomic E-state index is 0.106. The van der Waals surface area contributed by atoms with Crippen LogP contribution in [-0.4, -0.2) is 33.1 Å². The van der Waals surface area contributed by atoms with E-state index in [0.29, 0.717) is 30.0 Å². The maximum Gasteiger partial charge on any atom is 0.264 e. The molecule has 0 atom stereocenters. The Hall–Kier alpha value is -2.70. The van der Waals surface area contributed by atoms with Gasteiger partial charge in [-0.05, 0) is 95.3 Å². The van der Waals surface area contributed by atoms with Crippen LogP contribution in [0.15, 0.2) is 71.6 Å². The average Bonchev–Trinajstić information content (AvgIpc) is 3.24. The fourth-order valence-electron chi connectivity index (χ4n) is 3.54. The number of sulfonamides is 1. The number of para-hydroxylation sites is 1. The number of benzene rings is 3. The lowest BCUT2D eigenvalue weighted by Gasteiger charge is -2.19. The average molecular weight is 593 g/mol. The Bertz CT molecular complexity index is 1330. The molecule has 0 aromatic heterocycles. The Labute approximate surface area is 211 Å². The van der Waals surface area contributed by atoms with Crippen molar-refractivity contribution in [1.82, 2.24) is 5.32 Å². The molecule has 1 amide bonds. The van der Waals surface area contributed by atoms with Crippen LogP contribution in [0.2, 0.25) is 0 Å². The van der Waals surface area contributed by atoms with Crippen molar-refractivity contribution in [3.63, 3.8) is 0 Å². The highest BCUT2D eigenvalue weighted by Gasteiger charge is 2.30. The van der Waals surface area contributed by atoms with Crippen molar-refractivity contribution in [3.8, 4) is 5.75 Å². The van der Waals surface area contributed by atoms with E-state index < -0.39 is 10.0 Å². The molecule has 1 aliphatic heterocycles. The van der Waals surface area contributed by atoms with Crippen LogP contribution < -0.4 is 19.7 Å². The number of hydrogen-bond donors (Lipinski definition) is 2. The second kappa shape index (κ2) is 9.65. The van der Waals surface area contributed by atoms with Gasteiger partial charge in [-0.1, -0.05) is 18.2 Å². The van der Waals surface area contributed by atoms with E-state index in [1.807, 2.05) is 24.3 Å². The molecule has 3 aromatic rings. The number of hydrogen-bond acceptors (Lipinski definition) is 5. The first-order valence-corrected chi connectivity index (χ1v) is 12.9. The van der Waals surface area contributed by atoms with Crippen LogP contribution in [0.5, 0.6) is 5.75 Å². The molecular formula is C23H20IN3O4S2. The standard InChI is InChI=1S/C23H20IN3O4S2/c1-31-21-11-6-16(14-19(21)24)22(28)26-23(32)25-17-7-9-18(10-8-17)33(29,30)27-13-12-15-4-2-3-5-20(15)27/h2-11,14H,12-13H2,1H3,(H2,25,26,28,32). The Morgan fingerprint density at radius 2 is 1.82 bits per heavy atom. The predicted octanol–water partition coefficient (Wildman–Crippen LogP) is 4.18. The van der Waals surface area contributed by atoms with Crippen molar-refractivity contribution in [2.75, 3.05) is 23.3 Å². The molecule has 0 bridgehead atoms. The molecule has 0 fully saturated rings. The van der Waals surface area contributed by atoms with Gasteiger partial charge >= 0.3 is 0 Å². The first kappa shape index (κ1) is 23.5. The normalized spacial score (nSPS) is 12.7. The first-order chi connectivity index (χ1) is 15.8. The summed E-state index contributed by atoms with van der Waals surface area (Å²) >= 11 is 7.32. The van der Waals surface area contributed by atoms with Crippen LogP contribution >= 0.6 is 34.8 Å². The molecule has 0 saturated heterocycles. The van der Waals surface area contributed by atoms with Crippen LogP contribution in [0, 0.1) is 3.57 Å². The number of fused-ring (bicyclic) bond motifs is 1. The summed E-state index contributed by atoms with van der Waals surface area (Å²) in [4.78, 5) is 12.7. The SMILES string of the molecule is COc1ccc(C(=O)NC(=S)Nc2ccc(S(=O)(=O)N3CCc4ccccc43)cc2)cc1I. The van der Waals surface area contributed by atoms with Crippen molar-refractivity contribution in [1.29, 1.82) is 0 Å². The highest BCUT2D eigenvalue weighted by Crippen LogP contribution is 2.32. The molecule has 1 aliphatic rings. The highest BCUT2D eigenvalue weighted by molar-refractivity contribution is 14.1. The van der Waals surface area contributed by atoms with Crippen molar-refractivity contribution in [2.24, 2.45) is 0 Å². The summed E-state index contributed by atoms with van der Waals surface area (Å²) in [5, 5.41) is 5.64. The van der Waals surface area contributed by atoms with E-state index in [9.17, 15) is 13.2 Å². The zero-order valence-corrected chi connectivity index (χ0v) is 21.3. The Kier molecular flexibility index (Phi) is 6.86. The van der Waals surface area contributed by atoms with Crippen LogP contribution in [0.4, 0.5) is 11.4 Å². The fraction of sp³-hybridized carbons (Fsp3) is 0.130. The third-order valence-corrected chi connectivity index (χ3v) is 8.06. The zero-order valence-electron chi connectivity index (χ0n) is 17.5. The van der Waals surface area contributed by atoms with Gasteiger partial charge < -0.3 is 10.1 Å². The summed E-state index contributed by atoms with van der Waals surface area (Å²) in [5.41, 5.74) is 2.74. The zero-order chi connectivity index (χ0) is 23.6. The molecule has 1 heterocycles. The maximum absolute atomic E-state index is 13.1. The van der Waals surface area contributed by atoms with Crippen molar-refractivity contribution >= 4 is 67.2 Å². The van der Waals surface area contributed by atoms with E-state index in [0.717, 1.165) is 14.8 Å². The van der Waals surface area contributed by atoms with Crippen LogP contribution in [0.25, 0.3) is 0 Å². The number of ether oxygens (including phenoxy) is 1. The van der Waals surface area contributed by atoms with Crippen LogP contribution in [-0.2, 0) is 16.4 Å². The fourth-order valence-corrected chi connectivity index (χ4v) is 5.99. The minimum atomic E-state index is -3.67. The number of methoxy groups -OCH3 is 1. The largest absolute Gasteiger partial charge is 0.496 e. The first-order valence-electron chi connectivity index (χ1n) is 9.96. The van der Waals surface area contributed by atoms with E-state index in [-0.39, 0.29) is 15.9 Å². The van der Waals surface area contributed by atoms with Gasteiger partial charge in [-0.15, -0.1) is 0 Å². The van der Waals surface area contributed by atoms with E-state index >= 15 is 0 Å². The number of carbonyl (C=O) groups is 1. The van der Waals surface area contributed by atoms with Gasteiger partial charge in [0.05, 0.1) is 21.3 Å². The van der Waals surface area contributed by atoms with Gasteiger partial charge in [-0.2, -0.15) is 0 Å². The van der Waals surface area contributed by atoms with Gasteiger partial charge in [0.25, 0.3) is 15.9 Å². The van der Waals surface area contributed by atoms with Crippen molar-refractivity contribution < 1.29 is 17.9 Å². The van der Waals surface area contributed by atoms with Crippen molar-refractivity contribution in [3.05, 3.63) is 81.4 Å². The number of nitrogens with one attached hydrogen (secondary N) is 2. The molecule has 4 rings (SSSR count). The lowest BCUT2D eigenvalue weighted by molar-refractivity contribution is 0.0977. The Morgan fingerprint density at radius 1 is 1.09 bits per heavy atom. The molecule has 7 nitrogen and oxygen atoms in total. The lowest BCUT2D eigenvalue weighted by atomic mass is 10.2. The molecule has 0 saturated carbocycles. The van der Waals surface area contributed by atoms with Gasteiger partial charge in [0.2, 0.25) is 0 Å². The van der Waals surface area contributed by atoms with Gasteiger partial charge in [0.15, 0.2) is 5.11 Å². The summed E-state index contributed by atoms with van der Waals surface area (Å²) < 4.78 is 33.7. The number of carbonyl (C=O) groups excluding carboxylic acids is 1. The molecular weight excluding hydrogens is 573 g/mol. The summed E-state index contributed by atoms with van der Waals surface area (Å²) in [6, 6.07) is 18.8. The molecule has 170 valence electrons. The number of anilines is 2. The molecule has 2 N–H and O–H groups in total. The lowest BCUT2D eigenvalue weighted by Crippen LogP contribution is -2.34. The Balaban J connectivity index is 1.42. The molecule has 0 radical (unpaired) electrons. The van der Waals surface area contributed by atoms with E-state index in [2.05, 4.69) is 33.2 Å². The van der Waals surface area contributed by atoms with Gasteiger partial charge in [-0.3, -0.25) is 14.4 Å². The smallest absolute Gasteiger partial charge is 0.264 e. The van der Waals surface area contributed by atoms with E-state index in [4.69, 9.17) is 17.0 Å². The summed E-state index contributed by atoms with van der Waals surface area (Å²) in [5.74, 6) is 0.320. The van der Waals surface area contributed by atoms with Gasteiger partial charge in [-0.25, -0.2) is 8.42 Å². The number of rotatable bonds is 5. The van der Waals surface area contributed by atoms with Gasteiger partial charge in [0.1, 0.15) is 5.75 Å². The monoisotopic (exact) mass is 593 g/mol. The van der Waals surface area contributed by atoms with Crippen LogP contribution in [0.1, 0.15) is 15.9 Å². The topological polar surface area (TPSA) is 87.7 Å². The molecule has 0 aliphatic carbocycles. The molecule has 3 aromatic carbocycles. The Morgan fingerprint density at radius 3 is 2.52 bits per heavy atom. The second-order valence-corrected chi connectivity index (χ2v) is 10.7. The summed E-state index contributed by atoms with van der Waals surface area (Å²) in [6.45, 7) is 0.419. The molecule has 0 unspecified atom stereocenters. The van der Waals surface area contributed by atoms with E-state index in [1.54, 1.807) is 37.4 Å². The number of halogens is 1. The maximum atomic E-state index is 13.1. The number of thiocarbonyl (C=S) groups is 1. The van der Waals surface area contributed by atoms with Crippen LogP contribution in [0.3, 0.4) is 0 Å². The summed E-state index contributed by atoms with van der Waals surface area (Å²) in [6.07, 6.45) is 0.691. The third kappa shape index (κ3) is 4.97. The number of amides is 1. The summed E-state index contributed by atoms with van der Waals surface area (Å²) in [7, 11) is -2.10. The predicted molar refractivity (Wildman–Crippen MR) is 141 cm³/mol. The molecule has 0 spiro atoms. The van der Waals surface area contributed by atoms with Gasteiger partial charge in [0, 0.05) is 17.8 Å². The highest BCUT2D eigenvalue weighted by atomic mass is 127. The second-order valence-electron chi connectivity index (χ2n) is 7.24. The molecule has 33 heavy (non-hydrogen) atoms.